The van der Waals surface area contributed by atoms with Crippen LogP contribution in [-0.2, 0) is 0 Å². The standard InChI is InChI=1S/C5H5F2N/c6-5(7)4-2-1-3-8-4/h1-3,5,8H. The van der Waals surface area contributed by atoms with Gasteiger partial charge in [-0.2, -0.15) is 0 Å². The molecule has 0 fully saturated rings. The van der Waals surface area contributed by atoms with E-state index in [2.05, 4.69) is 4.98 Å². The predicted molar refractivity (Wildman–Crippen MR) is 25.7 cm³/mol. The molecule has 0 radical (unpaired) electrons. The average Bonchev–Trinajstić information content (AvgIpc) is 2.12. The molecule has 0 atom stereocenters. The molecule has 44 valence electrons. The van der Waals surface area contributed by atoms with Crippen molar-refractivity contribution in [2.24, 2.45) is 0 Å². The molecule has 1 nitrogen and oxygen atoms in total. The quantitative estimate of drug-likeness (QED) is 0.578. The van der Waals surface area contributed by atoms with Gasteiger partial charge in [-0.1, -0.05) is 0 Å². The molecule has 1 rings (SSSR count). The Labute approximate surface area is 45.3 Å². The number of H-pyrrole nitrogens is 1. The van der Waals surface area contributed by atoms with Gasteiger partial charge in [0.15, 0.2) is 0 Å². The Hall–Kier alpha value is -0.860. The van der Waals surface area contributed by atoms with Crippen LogP contribution in [0.15, 0.2) is 18.3 Å². The maximum atomic E-state index is 11.6. The first kappa shape index (κ1) is 5.28. The summed E-state index contributed by atoms with van der Waals surface area (Å²) in [4.78, 5) is 2.39. The molecule has 0 spiro atoms. The second-order valence-corrected chi connectivity index (χ2v) is 1.43. The van der Waals surface area contributed by atoms with Gasteiger partial charge in [-0.3, -0.25) is 0 Å². The summed E-state index contributed by atoms with van der Waals surface area (Å²) >= 11 is 0. The highest BCUT2D eigenvalue weighted by Gasteiger charge is 2.04. The van der Waals surface area contributed by atoms with Crippen LogP contribution in [0.1, 0.15) is 12.1 Å². The van der Waals surface area contributed by atoms with E-state index in [1.165, 1.54) is 12.3 Å². The highest BCUT2D eigenvalue weighted by Crippen LogP contribution is 2.14. The number of hydrogen-bond donors (Lipinski definition) is 1. The number of nitrogens with one attached hydrogen (secondary N) is 1. The zero-order valence-electron chi connectivity index (χ0n) is 4.07. The van der Waals surface area contributed by atoms with Gasteiger partial charge in [0.2, 0.25) is 0 Å². The van der Waals surface area contributed by atoms with E-state index in [0.29, 0.717) is 0 Å². The third-order valence-corrected chi connectivity index (χ3v) is 0.857. The summed E-state index contributed by atoms with van der Waals surface area (Å²) in [6.07, 6.45) is -0.897. The lowest BCUT2D eigenvalue weighted by Crippen LogP contribution is -1.79. The Bertz CT molecular complexity index is 145. The zero-order chi connectivity index (χ0) is 5.98. The van der Waals surface area contributed by atoms with Gasteiger partial charge in [0.25, 0.3) is 6.43 Å². The molecule has 0 saturated carbocycles. The highest BCUT2D eigenvalue weighted by atomic mass is 19.3. The van der Waals surface area contributed by atoms with Crippen LogP contribution in [0.3, 0.4) is 0 Å². The van der Waals surface area contributed by atoms with Crippen molar-refractivity contribution in [2.45, 2.75) is 6.43 Å². The Balaban J connectivity index is 2.77. The molecular weight excluding hydrogens is 112 g/mol. The lowest BCUT2D eigenvalue weighted by molar-refractivity contribution is 0.147. The molecule has 0 aliphatic carbocycles. The number of halogens is 2. The van der Waals surface area contributed by atoms with E-state index in [0.717, 1.165) is 0 Å². The molecule has 0 aromatic carbocycles. The molecular formula is C5H5F2N. The van der Waals surface area contributed by atoms with Gasteiger partial charge in [-0.05, 0) is 12.1 Å². The van der Waals surface area contributed by atoms with Crippen molar-refractivity contribution in [1.29, 1.82) is 0 Å². The second-order valence-electron chi connectivity index (χ2n) is 1.43. The van der Waals surface area contributed by atoms with Crippen LogP contribution in [0.25, 0.3) is 0 Å². The zero-order valence-corrected chi connectivity index (χ0v) is 4.07. The average molecular weight is 117 g/mol. The van der Waals surface area contributed by atoms with E-state index in [1.54, 1.807) is 6.07 Å². The fraction of sp³-hybridized carbons (Fsp3) is 0.200. The molecule has 8 heavy (non-hydrogen) atoms. The molecule has 0 aliphatic heterocycles. The van der Waals surface area contributed by atoms with Gasteiger partial charge in [0.1, 0.15) is 0 Å². The largest absolute Gasteiger partial charge is 0.360 e. The third-order valence-electron chi connectivity index (χ3n) is 0.857. The van der Waals surface area contributed by atoms with E-state index < -0.39 is 6.43 Å². The molecule has 0 amide bonds. The number of aromatic nitrogens is 1. The molecule has 0 bridgehead atoms. The lowest BCUT2D eigenvalue weighted by Gasteiger charge is -1.88. The maximum Gasteiger partial charge on any atom is 0.278 e. The topological polar surface area (TPSA) is 15.8 Å². The Morgan fingerprint density at radius 2 is 2.25 bits per heavy atom. The Morgan fingerprint density at radius 3 is 2.50 bits per heavy atom. The maximum absolute atomic E-state index is 11.6. The molecule has 0 aliphatic rings. The van der Waals surface area contributed by atoms with Gasteiger partial charge in [0.05, 0.1) is 5.69 Å². The van der Waals surface area contributed by atoms with Gasteiger partial charge in [-0.25, -0.2) is 8.78 Å². The van der Waals surface area contributed by atoms with Gasteiger partial charge < -0.3 is 4.98 Å². The van der Waals surface area contributed by atoms with Crippen molar-refractivity contribution >= 4 is 0 Å². The van der Waals surface area contributed by atoms with E-state index in [-0.39, 0.29) is 5.69 Å². The van der Waals surface area contributed by atoms with Crippen LogP contribution in [-0.4, -0.2) is 4.98 Å². The van der Waals surface area contributed by atoms with Crippen molar-refractivity contribution < 1.29 is 8.78 Å². The van der Waals surface area contributed by atoms with Crippen LogP contribution < -0.4 is 0 Å². The lowest BCUT2D eigenvalue weighted by atomic mass is 10.5. The van der Waals surface area contributed by atoms with Crippen LogP contribution in [0.4, 0.5) is 8.78 Å². The normalized spacial score (nSPS) is 10.4. The first-order valence-electron chi connectivity index (χ1n) is 2.22. The molecule has 1 heterocycles. The van der Waals surface area contributed by atoms with Crippen molar-refractivity contribution in [2.75, 3.05) is 0 Å². The molecule has 0 saturated heterocycles. The minimum atomic E-state index is -2.37. The fourth-order valence-corrected chi connectivity index (χ4v) is 0.480. The molecule has 1 aromatic heterocycles. The first-order chi connectivity index (χ1) is 3.80. The van der Waals surface area contributed by atoms with Crippen LogP contribution in [0.5, 0.6) is 0 Å². The van der Waals surface area contributed by atoms with Gasteiger partial charge in [-0.15, -0.1) is 0 Å². The SMILES string of the molecule is FC(F)c1ccc[nH]1. The number of hydrogen-bond acceptors (Lipinski definition) is 0. The van der Waals surface area contributed by atoms with E-state index in [1.807, 2.05) is 0 Å². The summed E-state index contributed by atoms with van der Waals surface area (Å²) in [7, 11) is 0. The summed E-state index contributed by atoms with van der Waals surface area (Å²) < 4.78 is 23.1. The monoisotopic (exact) mass is 117 g/mol. The minimum absolute atomic E-state index is 0.0231. The summed E-state index contributed by atoms with van der Waals surface area (Å²) in [5.74, 6) is 0. The molecule has 1 N–H and O–H groups in total. The number of aromatic amines is 1. The Kier molecular flexibility index (Phi) is 1.28. The smallest absolute Gasteiger partial charge is 0.278 e. The highest BCUT2D eigenvalue weighted by molar-refractivity contribution is 5.04. The van der Waals surface area contributed by atoms with E-state index in [9.17, 15) is 8.78 Å². The summed E-state index contributed by atoms with van der Waals surface area (Å²) in [5.41, 5.74) is -0.0231. The van der Waals surface area contributed by atoms with Crippen LogP contribution in [0, 0.1) is 0 Å². The predicted octanol–water partition coefficient (Wildman–Crippen LogP) is 1.95. The van der Waals surface area contributed by atoms with Crippen molar-refractivity contribution in [1.82, 2.24) is 4.98 Å². The van der Waals surface area contributed by atoms with Crippen molar-refractivity contribution in [3.63, 3.8) is 0 Å². The summed E-state index contributed by atoms with van der Waals surface area (Å²) in [6, 6.07) is 2.90. The van der Waals surface area contributed by atoms with Gasteiger partial charge >= 0.3 is 0 Å². The first-order valence-corrected chi connectivity index (χ1v) is 2.22. The van der Waals surface area contributed by atoms with Crippen molar-refractivity contribution in [3.05, 3.63) is 24.0 Å². The van der Waals surface area contributed by atoms with Crippen molar-refractivity contribution in [3.8, 4) is 0 Å². The number of alkyl halides is 2. The Morgan fingerprint density at radius 1 is 1.50 bits per heavy atom. The number of rotatable bonds is 1. The minimum Gasteiger partial charge on any atom is -0.360 e. The molecule has 3 heteroatoms. The fourth-order valence-electron chi connectivity index (χ4n) is 0.480. The van der Waals surface area contributed by atoms with Crippen LogP contribution >= 0.6 is 0 Å². The second kappa shape index (κ2) is 1.94. The third kappa shape index (κ3) is 0.857. The van der Waals surface area contributed by atoms with Crippen LogP contribution in [0.2, 0.25) is 0 Å². The summed E-state index contributed by atoms with van der Waals surface area (Å²) in [5, 5.41) is 0. The molecule has 0 unspecified atom stereocenters. The molecule has 1 aromatic rings. The summed E-state index contributed by atoms with van der Waals surface area (Å²) in [6.45, 7) is 0. The van der Waals surface area contributed by atoms with E-state index in [4.69, 9.17) is 0 Å². The van der Waals surface area contributed by atoms with E-state index >= 15 is 0 Å². The van der Waals surface area contributed by atoms with Gasteiger partial charge in [0, 0.05) is 6.20 Å².